The summed E-state index contributed by atoms with van der Waals surface area (Å²) in [5, 5.41) is 24.6. The molecule has 6 nitrogen and oxygen atoms in total. The first-order valence-electron chi connectivity index (χ1n) is 12.6. The third-order valence-corrected chi connectivity index (χ3v) is 8.41. The molecule has 1 atom stereocenters. The number of rotatable bonds is 2. The molecular formula is C32H24I2O6. The number of halogens is 2. The van der Waals surface area contributed by atoms with Gasteiger partial charge in [-0.25, -0.2) is 4.79 Å². The Labute approximate surface area is 258 Å². The van der Waals surface area contributed by atoms with Crippen molar-refractivity contribution in [2.75, 3.05) is 0 Å². The van der Waals surface area contributed by atoms with Crippen molar-refractivity contribution in [3.8, 4) is 28.7 Å². The molecule has 1 aliphatic rings. The lowest BCUT2D eigenvalue weighted by Gasteiger charge is -2.31. The van der Waals surface area contributed by atoms with Crippen molar-refractivity contribution in [1.29, 1.82) is 0 Å². The minimum Gasteiger partial charge on any atom is -0.508 e. The summed E-state index contributed by atoms with van der Waals surface area (Å²) in [6, 6.07) is 22.6. The summed E-state index contributed by atoms with van der Waals surface area (Å²) in [5.74, 6) is 1.80. The molecule has 0 fully saturated rings. The number of phenolic OH excluding ortho intramolecular Hbond substituents is 2. The first-order chi connectivity index (χ1) is 19.0. The number of hydrogen-bond donors (Lipinski definition) is 2. The van der Waals surface area contributed by atoms with Gasteiger partial charge in [-0.1, -0.05) is 24.3 Å². The lowest BCUT2D eigenvalue weighted by Crippen LogP contribution is -2.25. The van der Waals surface area contributed by atoms with Crippen molar-refractivity contribution < 1.29 is 29.2 Å². The van der Waals surface area contributed by atoms with Crippen LogP contribution in [-0.2, 0) is 4.74 Å². The minimum atomic E-state index is -0.779. The van der Waals surface area contributed by atoms with E-state index in [2.05, 4.69) is 45.2 Å². The smallest absolute Gasteiger partial charge is 0.508 e. The van der Waals surface area contributed by atoms with E-state index >= 15 is 0 Å². The molecule has 0 bridgehead atoms. The zero-order chi connectivity index (χ0) is 28.3. The van der Waals surface area contributed by atoms with Crippen LogP contribution in [0.1, 0.15) is 43.4 Å². The van der Waals surface area contributed by atoms with Crippen LogP contribution in [0.25, 0.3) is 21.5 Å². The van der Waals surface area contributed by atoms with Crippen LogP contribution >= 0.6 is 45.2 Å². The van der Waals surface area contributed by atoms with Crippen LogP contribution in [0, 0.1) is 7.14 Å². The highest BCUT2D eigenvalue weighted by molar-refractivity contribution is 14.1. The lowest BCUT2D eigenvalue weighted by molar-refractivity contribution is 0.0206. The van der Waals surface area contributed by atoms with Crippen LogP contribution in [0.2, 0.25) is 0 Å². The first kappa shape index (κ1) is 26.9. The Bertz CT molecular complexity index is 1820. The molecule has 1 unspecified atom stereocenters. The second-order valence-electron chi connectivity index (χ2n) is 10.7. The number of hydrogen-bond acceptors (Lipinski definition) is 6. The summed E-state index contributed by atoms with van der Waals surface area (Å²) in [5.41, 5.74) is 2.08. The fraction of sp³-hybridized carbons (Fsp3) is 0.156. The van der Waals surface area contributed by atoms with Crippen molar-refractivity contribution in [2.45, 2.75) is 32.3 Å². The van der Waals surface area contributed by atoms with Crippen LogP contribution in [0.15, 0.2) is 72.8 Å². The summed E-state index contributed by atoms with van der Waals surface area (Å²) < 4.78 is 18.9. The number of ether oxygens (including phenoxy) is 3. The first-order valence-corrected chi connectivity index (χ1v) is 14.7. The molecule has 0 amide bonds. The Morgan fingerprint density at radius 1 is 0.800 bits per heavy atom. The van der Waals surface area contributed by atoms with Gasteiger partial charge in [0.2, 0.25) is 0 Å². The van der Waals surface area contributed by atoms with Crippen LogP contribution in [0.4, 0.5) is 4.79 Å². The van der Waals surface area contributed by atoms with Gasteiger partial charge in [0.1, 0.15) is 34.3 Å². The van der Waals surface area contributed by atoms with Crippen molar-refractivity contribution in [2.24, 2.45) is 0 Å². The van der Waals surface area contributed by atoms with E-state index in [9.17, 15) is 15.0 Å². The number of carbonyl (C=O) groups is 1. The molecule has 2 N–H and O–H groups in total. The van der Waals surface area contributed by atoms with E-state index in [1.54, 1.807) is 39.0 Å². The molecule has 5 aromatic carbocycles. The fourth-order valence-electron chi connectivity index (χ4n) is 5.16. The van der Waals surface area contributed by atoms with Crippen LogP contribution in [-0.4, -0.2) is 22.0 Å². The molecule has 6 rings (SSSR count). The van der Waals surface area contributed by atoms with Crippen molar-refractivity contribution in [1.82, 2.24) is 0 Å². The third-order valence-electron chi connectivity index (χ3n) is 6.76. The Kier molecular flexibility index (Phi) is 6.73. The van der Waals surface area contributed by atoms with Gasteiger partial charge in [-0.2, -0.15) is 0 Å². The van der Waals surface area contributed by atoms with E-state index in [1.165, 1.54) is 0 Å². The van der Waals surface area contributed by atoms with Crippen LogP contribution in [0.5, 0.6) is 28.7 Å². The van der Waals surface area contributed by atoms with E-state index in [4.69, 9.17) is 14.2 Å². The summed E-state index contributed by atoms with van der Waals surface area (Å²) in [4.78, 5) is 12.5. The maximum atomic E-state index is 12.5. The van der Waals surface area contributed by atoms with E-state index in [1.807, 2.05) is 54.6 Å². The molecule has 0 aliphatic carbocycles. The topological polar surface area (TPSA) is 85.2 Å². The summed E-state index contributed by atoms with van der Waals surface area (Å²) in [7, 11) is 0. The zero-order valence-electron chi connectivity index (χ0n) is 21.8. The van der Waals surface area contributed by atoms with Crippen LogP contribution in [0.3, 0.4) is 0 Å². The van der Waals surface area contributed by atoms with E-state index in [0.717, 1.165) is 45.4 Å². The molecule has 1 aliphatic heterocycles. The van der Waals surface area contributed by atoms with E-state index in [0.29, 0.717) is 17.2 Å². The Morgan fingerprint density at radius 2 is 1.35 bits per heavy atom. The normalized spacial score (nSPS) is 14.4. The molecule has 0 saturated heterocycles. The summed E-state index contributed by atoms with van der Waals surface area (Å²) in [6.07, 6.45) is -0.779. The molecule has 40 heavy (non-hydrogen) atoms. The van der Waals surface area contributed by atoms with Gasteiger partial charge < -0.3 is 24.4 Å². The van der Waals surface area contributed by atoms with Crippen molar-refractivity contribution >= 4 is 72.9 Å². The predicted molar refractivity (Wildman–Crippen MR) is 171 cm³/mol. The molecule has 1 heterocycles. The van der Waals surface area contributed by atoms with Gasteiger partial charge in [0.15, 0.2) is 0 Å². The number of aromatic hydroxyl groups is 2. The molecule has 5 aromatic rings. The monoisotopic (exact) mass is 758 g/mol. The highest BCUT2D eigenvalue weighted by Crippen LogP contribution is 2.53. The quantitative estimate of drug-likeness (QED) is 0.104. The SMILES string of the molecule is CC(C)(C)OC(=O)Oc1ccc2ccc3c(c2c1)C(c1cc(I)c(O)c(I)c1)c1c(ccc2ccc(O)cc12)O3. The second-order valence-corrected chi connectivity index (χ2v) is 13.0. The Balaban J connectivity index is 1.62. The fourth-order valence-corrected chi connectivity index (χ4v) is 6.98. The molecule has 8 heteroatoms. The minimum absolute atomic E-state index is 0.159. The molecule has 202 valence electrons. The Morgan fingerprint density at radius 3 is 1.95 bits per heavy atom. The highest BCUT2D eigenvalue weighted by Gasteiger charge is 2.33. The zero-order valence-corrected chi connectivity index (χ0v) is 26.1. The number of phenols is 2. The number of carbonyl (C=O) groups excluding carboxylic acids is 1. The largest absolute Gasteiger partial charge is 0.514 e. The van der Waals surface area contributed by atoms with Gasteiger partial charge in [-0.15, -0.1) is 0 Å². The van der Waals surface area contributed by atoms with Gasteiger partial charge in [0.05, 0.1) is 7.14 Å². The standard InChI is InChI=1S/C32H24I2O6/c1-32(2,3)40-31(37)38-20-9-5-17-7-11-26-29(22(17)15-20)27(18-12-23(33)30(36)24(34)13-18)28-21-14-19(35)8-4-16(21)6-10-25(28)39-26/h4-15,27,35-36H,1-3H3. The molecule has 0 saturated carbocycles. The lowest BCUT2D eigenvalue weighted by atomic mass is 9.78. The average Bonchev–Trinajstić information content (AvgIpc) is 2.88. The molecule has 0 spiro atoms. The second kappa shape index (κ2) is 9.99. The number of benzene rings is 5. The molecule has 0 radical (unpaired) electrons. The van der Waals surface area contributed by atoms with E-state index in [-0.39, 0.29) is 17.4 Å². The number of fused-ring (bicyclic) bond motifs is 6. The molecule has 0 aromatic heterocycles. The highest BCUT2D eigenvalue weighted by atomic mass is 127. The summed E-state index contributed by atoms with van der Waals surface area (Å²) >= 11 is 4.29. The maximum absolute atomic E-state index is 12.5. The maximum Gasteiger partial charge on any atom is 0.514 e. The van der Waals surface area contributed by atoms with Gasteiger partial charge in [-0.05, 0) is 142 Å². The average molecular weight is 758 g/mol. The van der Waals surface area contributed by atoms with Crippen molar-refractivity contribution in [3.63, 3.8) is 0 Å². The predicted octanol–water partition coefficient (Wildman–Crippen LogP) is 9.21. The van der Waals surface area contributed by atoms with Gasteiger partial charge in [-0.3, -0.25) is 0 Å². The summed E-state index contributed by atoms with van der Waals surface area (Å²) in [6.45, 7) is 5.35. The van der Waals surface area contributed by atoms with Crippen molar-refractivity contribution in [3.05, 3.63) is 96.6 Å². The van der Waals surface area contributed by atoms with Gasteiger partial charge in [0, 0.05) is 17.0 Å². The molecular weight excluding hydrogens is 734 g/mol. The third kappa shape index (κ3) is 4.91. The van der Waals surface area contributed by atoms with Gasteiger partial charge in [0.25, 0.3) is 0 Å². The van der Waals surface area contributed by atoms with E-state index < -0.39 is 11.8 Å². The van der Waals surface area contributed by atoms with Crippen LogP contribution < -0.4 is 9.47 Å². The Hall–Kier alpha value is -3.25. The van der Waals surface area contributed by atoms with Gasteiger partial charge >= 0.3 is 6.16 Å².